The number of hydrogen-bond acceptors (Lipinski definition) is 6. The molecule has 3 aromatic rings. The van der Waals surface area contributed by atoms with Crippen LogP contribution in [0.4, 0.5) is 11.4 Å². The fourth-order valence-corrected chi connectivity index (χ4v) is 3.62. The van der Waals surface area contributed by atoms with Crippen molar-refractivity contribution in [2.75, 3.05) is 30.9 Å². The predicted octanol–water partition coefficient (Wildman–Crippen LogP) is 4.16. The molecule has 4 rings (SSSR count). The summed E-state index contributed by atoms with van der Waals surface area (Å²) in [6.45, 7) is 2.22. The quantitative estimate of drug-likeness (QED) is 0.733. The van der Waals surface area contributed by atoms with E-state index in [1.807, 2.05) is 55.4 Å². The molecular formula is C20H19ClN4O2. The molecule has 0 radical (unpaired) electrons. The molecule has 6 nitrogen and oxygen atoms in total. The van der Waals surface area contributed by atoms with E-state index in [0.717, 1.165) is 22.5 Å². The van der Waals surface area contributed by atoms with Gasteiger partial charge in [-0.15, -0.1) is 0 Å². The van der Waals surface area contributed by atoms with Crippen LogP contribution in [-0.4, -0.2) is 36.7 Å². The molecule has 0 amide bonds. The molecule has 7 heteroatoms. The molecule has 1 unspecified atom stereocenters. The number of benzene rings is 2. The van der Waals surface area contributed by atoms with Gasteiger partial charge in [-0.1, -0.05) is 34.0 Å². The van der Waals surface area contributed by atoms with Crippen LogP contribution in [0.5, 0.6) is 0 Å². The number of nitrogens with one attached hydrogen (secondary N) is 1. The van der Waals surface area contributed by atoms with E-state index in [1.165, 1.54) is 0 Å². The largest absolute Gasteiger partial charge is 0.383 e. The van der Waals surface area contributed by atoms with Crippen molar-refractivity contribution in [3.8, 4) is 11.1 Å². The second kappa shape index (κ2) is 6.70. The Bertz CT molecular complexity index is 1010. The van der Waals surface area contributed by atoms with Gasteiger partial charge in [0.25, 0.3) is 0 Å². The van der Waals surface area contributed by atoms with E-state index in [1.54, 1.807) is 6.92 Å². The van der Waals surface area contributed by atoms with Crippen LogP contribution in [0.3, 0.4) is 0 Å². The molecule has 0 spiro atoms. The lowest BCUT2D eigenvalue weighted by molar-refractivity contribution is 0.0956. The number of carbonyl (C=O) groups excluding carboxylic acids is 1. The van der Waals surface area contributed by atoms with Crippen LogP contribution in [0, 0.1) is 6.92 Å². The summed E-state index contributed by atoms with van der Waals surface area (Å²) >= 11 is 6.51. The van der Waals surface area contributed by atoms with E-state index in [9.17, 15) is 4.79 Å². The first-order chi connectivity index (χ1) is 13.0. The highest BCUT2D eigenvalue weighted by Gasteiger charge is 2.33. The van der Waals surface area contributed by atoms with Crippen molar-refractivity contribution in [3.63, 3.8) is 0 Å². The molecule has 0 aliphatic carbocycles. The fraction of sp³-hybridized carbons (Fsp3) is 0.250. The molecule has 1 atom stereocenters. The van der Waals surface area contributed by atoms with Crippen LogP contribution < -0.4 is 10.2 Å². The Balaban J connectivity index is 1.74. The maximum Gasteiger partial charge on any atom is 0.175 e. The summed E-state index contributed by atoms with van der Waals surface area (Å²) in [5, 5.41) is 11.6. The fourth-order valence-electron chi connectivity index (χ4n) is 3.35. The molecule has 138 valence electrons. The number of carbonyl (C=O) groups is 1. The van der Waals surface area contributed by atoms with Crippen molar-refractivity contribution in [2.45, 2.75) is 12.8 Å². The van der Waals surface area contributed by atoms with E-state index in [0.29, 0.717) is 28.5 Å². The molecule has 0 saturated heterocycles. The third-order valence-corrected chi connectivity index (χ3v) is 5.21. The number of rotatable bonds is 3. The number of hydrogen-bond donors (Lipinski definition) is 1. The van der Waals surface area contributed by atoms with Gasteiger partial charge in [0.2, 0.25) is 0 Å². The van der Waals surface area contributed by atoms with Crippen LogP contribution in [0.1, 0.15) is 27.7 Å². The Morgan fingerprint density at radius 1 is 1.15 bits per heavy atom. The van der Waals surface area contributed by atoms with Gasteiger partial charge < -0.3 is 10.2 Å². The van der Waals surface area contributed by atoms with Crippen molar-refractivity contribution in [3.05, 3.63) is 58.4 Å². The van der Waals surface area contributed by atoms with Crippen molar-refractivity contribution in [1.29, 1.82) is 0 Å². The van der Waals surface area contributed by atoms with Gasteiger partial charge in [-0.2, -0.15) is 0 Å². The van der Waals surface area contributed by atoms with E-state index in [-0.39, 0.29) is 5.78 Å². The monoisotopic (exact) mass is 382 g/mol. The zero-order valence-electron chi connectivity index (χ0n) is 15.3. The summed E-state index contributed by atoms with van der Waals surface area (Å²) < 4.78 is 4.77. The van der Waals surface area contributed by atoms with E-state index in [4.69, 9.17) is 16.2 Å². The third kappa shape index (κ3) is 3.06. The van der Waals surface area contributed by atoms with Crippen molar-refractivity contribution >= 4 is 28.8 Å². The van der Waals surface area contributed by atoms with Gasteiger partial charge in [0.15, 0.2) is 5.78 Å². The van der Waals surface area contributed by atoms with Crippen LogP contribution in [-0.2, 0) is 0 Å². The summed E-state index contributed by atoms with van der Waals surface area (Å²) in [7, 11) is 3.98. The Kier molecular flexibility index (Phi) is 4.36. The average Bonchev–Trinajstić information content (AvgIpc) is 3.07. The first kappa shape index (κ1) is 17.5. The summed E-state index contributed by atoms with van der Waals surface area (Å²) in [6, 6.07) is 11.7. The SMILES string of the molecule is Cc1nonc1C1CNc2cc(Cl)c(-c3ccc(N(C)C)cc3)cc2C1=O. The molecular weight excluding hydrogens is 364 g/mol. The van der Waals surface area contributed by atoms with Gasteiger partial charge in [0.05, 0.1) is 10.9 Å². The Labute approximate surface area is 162 Å². The molecule has 1 aromatic heterocycles. The Hall–Kier alpha value is -2.86. The van der Waals surface area contributed by atoms with Crippen molar-refractivity contribution in [1.82, 2.24) is 10.3 Å². The van der Waals surface area contributed by atoms with Crippen LogP contribution in [0.15, 0.2) is 41.0 Å². The highest BCUT2D eigenvalue weighted by molar-refractivity contribution is 6.34. The first-order valence-electron chi connectivity index (χ1n) is 8.64. The van der Waals surface area contributed by atoms with Crippen molar-refractivity contribution < 1.29 is 9.42 Å². The minimum atomic E-state index is -0.422. The molecule has 1 aliphatic heterocycles. The number of aromatic nitrogens is 2. The lowest BCUT2D eigenvalue weighted by Gasteiger charge is -2.25. The van der Waals surface area contributed by atoms with Crippen LogP contribution in [0.25, 0.3) is 11.1 Å². The number of ketones is 1. The maximum atomic E-state index is 13.1. The topological polar surface area (TPSA) is 71.3 Å². The van der Waals surface area contributed by atoms with E-state index >= 15 is 0 Å². The molecule has 1 N–H and O–H groups in total. The van der Waals surface area contributed by atoms with Crippen molar-refractivity contribution in [2.24, 2.45) is 0 Å². The van der Waals surface area contributed by atoms with Gasteiger partial charge >= 0.3 is 0 Å². The maximum absolute atomic E-state index is 13.1. The molecule has 1 aliphatic rings. The normalized spacial score (nSPS) is 16.0. The zero-order chi connectivity index (χ0) is 19.1. The molecule has 0 fully saturated rings. The molecule has 0 saturated carbocycles. The molecule has 2 heterocycles. The first-order valence-corrected chi connectivity index (χ1v) is 9.02. The highest BCUT2D eigenvalue weighted by atomic mass is 35.5. The number of anilines is 2. The van der Waals surface area contributed by atoms with Gasteiger partial charge in [0, 0.05) is 43.1 Å². The standard InChI is InChI=1S/C20H19ClN4O2/c1-11-19(24-27-23-11)16-10-22-18-9-17(21)14(8-15(18)20(16)26)12-4-6-13(7-5-12)25(2)3/h4-9,16,22H,10H2,1-3H3. The minimum Gasteiger partial charge on any atom is -0.383 e. The number of Topliss-reactive ketones (excluding diaryl/α,β-unsaturated/α-hetero) is 1. The summed E-state index contributed by atoms with van der Waals surface area (Å²) in [5.41, 5.74) is 5.43. The Morgan fingerprint density at radius 2 is 1.89 bits per heavy atom. The minimum absolute atomic E-state index is 0.00891. The second-order valence-electron chi connectivity index (χ2n) is 6.85. The Morgan fingerprint density at radius 3 is 2.52 bits per heavy atom. The van der Waals surface area contributed by atoms with Gasteiger partial charge in [-0.25, -0.2) is 4.63 Å². The molecule has 2 aromatic carbocycles. The summed E-state index contributed by atoms with van der Waals surface area (Å²) in [4.78, 5) is 15.1. The number of fused-ring (bicyclic) bond motifs is 1. The number of nitrogens with zero attached hydrogens (tertiary/aromatic N) is 3. The smallest absolute Gasteiger partial charge is 0.175 e. The van der Waals surface area contributed by atoms with E-state index < -0.39 is 5.92 Å². The van der Waals surface area contributed by atoms with Gasteiger partial charge in [-0.05, 0) is 36.8 Å². The lowest BCUT2D eigenvalue weighted by atomic mass is 9.87. The predicted molar refractivity (Wildman–Crippen MR) is 106 cm³/mol. The van der Waals surface area contributed by atoms with Gasteiger partial charge in [0.1, 0.15) is 11.4 Å². The summed E-state index contributed by atoms with van der Waals surface area (Å²) in [6.07, 6.45) is 0. The number of aryl methyl sites for hydroxylation is 1. The van der Waals surface area contributed by atoms with E-state index in [2.05, 4.69) is 15.6 Å². The highest BCUT2D eigenvalue weighted by Crippen LogP contribution is 2.38. The van der Waals surface area contributed by atoms with Crippen LogP contribution >= 0.6 is 11.6 Å². The lowest BCUT2D eigenvalue weighted by Crippen LogP contribution is -2.28. The second-order valence-corrected chi connectivity index (χ2v) is 7.26. The molecule has 27 heavy (non-hydrogen) atoms. The van der Waals surface area contributed by atoms with Crippen LogP contribution in [0.2, 0.25) is 5.02 Å². The molecule has 0 bridgehead atoms. The zero-order valence-corrected chi connectivity index (χ0v) is 16.0. The van der Waals surface area contributed by atoms with Gasteiger partial charge in [-0.3, -0.25) is 4.79 Å². The average molecular weight is 383 g/mol. The number of halogens is 1. The summed E-state index contributed by atoms with van der Waals surface area (Å²) in [5.74, 6) is -0.431. The third-order valence-electron chi connectivity index (χ3n) is 4.90.